The van der Waals surface area contributed by atoms with Crippen LogP contribution >= 0.6 is 0 Å². The average molecular weight is 240 g/mol. The van der Waals surface area contributed by atoms with E-state index >= 15 is 0 Å². The topological polar surface area (TPSA) is 67.6 Å². The predicted molar refractivity (Wildman–Crippen MR) is 71.8 cm³/mol. The van der Waals surface area contributed by atoms with E-state index in [1.54, 1.807) is 12.1 Å². The van der Waals surface area contributed by atoms with Gasteiger partial charge in [0.1, 0.15) is 5.69 Å². The summed E-state index contributed by atoms with van der Waals surface area (Å²) in [6, 6.07) is 9.36. The van der Waals surface area contributed by atoms with Gasteiger partial charge in [0.25, 0.3) is 0 Å². The summed E-state index contributed by atoms with van der Waals surface area (Å²) in [7, 11) is 0. The van der Waals surface area contributed by atoms with Crippen molar-refractivity contribution in [2.75, 3.05) is 5.73 Å². The van der Waals surface area contributed by atoms with Gasteiger partial charge in [-0.05, 0) is 32.9 Å². The van der Waals surface area contributed by atoms with Gasteiger partial charge in [-0.15, -0.1) is 0 Å². The van der Waals surface area contributed by atoms with Gasteiger partial charge in [0, 0.05) is 11.8 Å². The number of hydrogen-bond donors (Lipinski definition) is 1. The first-order valence-corrected chi connectivity index (χ1v) is 5.78. The Hall–Kier alpha value is -2.28. The third kappa shape index (κ3) is 2.21. The van der Waals surface area contributed by atoms with Gasteiger partial charge in [-0.25, -0.2) is 0 Å². The highest BCUT2D eigenvalue weighted by atomic mass is 15.3. The van der Waals surface area contributed by atoms with Gasteiger partial charge >= 0.3 is 0 Å². The molecule has 92 valence electrons. The highest BCUT2D eigenvalue weighted by Crippen LogP contribution is 2.26. The first-order chi connectivity index (χ1) is 8.41. The van der Waals surface area contributed by atoms with Crippen molar-refractivity contribution in [2.45, 2.75) is 26.3 Å². The number of nitriles is 1. The summed E-state index contributed by atoms with van der Waals surface area (Å²) in [6.07, 6.45) is 1.84. The van der Waals surface area contributed by atoms with E-state index in [4.69, 9.17) is 11.0 Å². The summed E-state index contributed by atoms with van der Waals surface area (Å²) in [4.78, 5) is 0. The van der Waals surface area contributed by atoms with Crippen LogP contribution in [-0.2, 0) is 5.54 Å². The van der Waals surface area contributed by atoms with E-state index in [0.717, 1.165) is 11.3 Å². The molecule has 0 saturated carbocycles. The van der Waals surface area contributed by atoms with Crippen LogP contribution in [0.2, 0.25) is 0 Å². The zero-order chi connectivity index (χ0) is 13.3. The number of benzene rings is 1. The minimum Gasteiger partial charge on any atom is -0.396 e. The fraction of sp³-hybridized carbons (Fsp3) is 0.286. The summed E-state index contributed by atoms with van der Waals surface area (Å²) in [5.41, 5.74) is 8.86. The minimum atomic E-state index is -0.0982. The minimum absolute atomic E-state index is 0.0982. The summed E-state index contributed by atoms with van der Waals surface area (Å²) >= 11 is 0. The van der Waals surface area contributed by atoms with Gasteiger partial charge in [-0.1, -0.05) is 12.1 Å². The van der Waals surface area contributed by atoms with E-state index < -0.39 is 0 Å². The lowest BCUT2D eigenvalue weighted by molar-refractivity contribution is 0.356. The SMILES string of the molecule is CC(C)(C)n1cc(N)c(-c2ccc(C#N)cc2)n1. The first kappa shape index (κ1) is 12.2. The van der Waals surface area contributed by atoms with Crippen molar-refractivity contribution in [3.63, 3.8) is 0 Å². The van der Waals surface area contributed by atoms with Crippen LogP contribution in [0.3, 0.4) is 0 Å². The molecule has 4 heteroatoms. The molecule has 0 saturated heterocycles. The maximum Gasteiger partial charge on any atom is 0.115 e. The summed E-state index contributed by atoms with van der Waals surface area (Å²) in [5.74, 6) is 0. The summed E-state index contributed by atoms with van der Waals surface area (Å²) in [5, 5.41) is 13.3. The van der Waals surface area contributed by atoms with Crippen LogP contribution in [0.15, 0.2) is 30.5 Å². The Labute approximate surface area is 107 Å². The van der Waals surface area contributed by atoms with E-state index in [1.807, 2.05) is 23.0 Å². The van der Waals surface area contributed by atoms with E-state index in [2.05, 4.69) is 31.9 Å². The van der Waals surface area contributed by atoms with Crippen molar-refractivity contribution >= 4 is 5.69 Å². The number of nitrogens with two attached hydrogens (primary N) is 1. The molecule has 0 fully saturated rings. The third-order valence-corrected chi connectivity index (χ3v) is 2.72. The summed E-state index contributed by atoms with van der Waals surface area (Å²) < 4.78 is 1.86. The van der Waals surface area contributed by atoms with Crippen molar-refractivity contribution in [1.82, 2.24) is 9.78 Å². The fourth-order valence-electron chi connectivity index (χ4n) is 1.66. The third-order valence-electron chi connectivity index (χ3n) is 2.72. The molecule has 1 heterocycles. The molecular weight excluding hydrogens is 224 g/mol. The normalized spacial score (nSPS) is 11.2. The van der Waals surface area contributed by atoms with Crippen LogP contribution in [-0.4, -0.2) is 9.78 Å². The predicted octanol–water partition coefficient (Wildman–Crippen LogP) is 2.76. The number of nitrogen functional groups attached to an aromatic ring is 1. The van der Waals surface area contributed by atoms with E-state index in [1.165, 1.54) is 0 Å². The van der Waals surface area contributed by atoms with Crippen LogP contribution in [0.5, 0.6) is 0 Å². The van der Waals surface area contributed by atoms with Crippen LogP contribution in [0.4, 0.5) is 5.69 Å². The lowest BCUT2D eigenvalue weighted by Gasteiger charge is -2.18. The second-order valence-corrected chi connectivity index (χ2v) is 5.24. The Bertz CT molecular complexity index is 594. The van der Waals surface area contributed by atoms with Crippen LogP contribution in [0.1, 0.15) is 26.3 Å². The molecule has 18 heavy (non-hydrogen) atoms. The standard InChI is InChI=1S/C14H16N4/c1-14(2,3)18-9-12(16)13(17-18)11-6-4-10(8-15)5-7-11/h4-7,9H,16H2,1-3H3. The first-order valence-electron chi connectivity index (χ1n) is 5.78. The Morgan fingerprint density at radius 2 is 1.83 bits per heavy atom. The molecule has 0 aliphatic rings. The largest absolute Gasteiger partial charge is 0.396 e. The quantitative estimate of drug-likeness (QED) is 0.833. The van der Waals surface area contributed by atoms with E-state index in [9.17, 15) is 0 Å². The molecule has 0 atom stereocenters. The van der Waals surface area contributed by atoms with Gasteiger partial charge in [0.05, 0.1) is 22.9 Å². The van der Waals surface area contributed by atoms with Crippen LogP contribution in [0, 0.1) is 11.3 Å². The lowest BCUT2D eigenvalue weighted by atomic mass is 10.1. The molecule has 4 nitrogen and oxygen atoms in total. The summed E-state index contributed by atoms with van der Waals surface area (Å²) in [6.45, 7) is 6.21. The molecule has 2 N–H and O–H groups in total. The number of rotatable bonds is 1. The van der Waals surface area contributed by atoms with Gasteiger partial charge in [-0.2, -0.15) is 10.4 Å². The number of aromatic nitrogens is 2. The molecule has 0 unspecified atom stereocenters. The highest BCUT2D eigenvalue weighted by molar-refractivity contribution is 5.72. The van der Waals surface area contributed by atoms with Crippen molar-refractivity contribution in [2.24, 2.45) is 0 Å². The number of anilines is 1. The Morgan fingerprint density at radius 3 is 2.28 bits per heavy atom. The van der Waals surface area contributed by atoms with Gasteiger partial charge in [0.2, 0.25) is 0 Å². The Morgan fingerprint density at radius 1 is 1.22 bits per heavy atom. The maximum atomic E-state index is 8.77. The molecule has 1 aromatic carbocycles. The zero-order valence-electron chi connectivity index (χ0n) is 10.8. The second-order valence-electron chi connectivity index (χ2n) is 5.24. The smallest absolute Gasteiger partial charge is 0.115 e. The lowest BCUT2D eigenvalue weighted by Crippen LogP contribution is -2.22. The molecule has 0 radical (unpaired) electrons. The average Bonchev–Trinajstić information content (AvgIpc) is 2.71. The number of nitrogens with zero attached hydrogens (tertiary/aromatic N) is 3. The van der Waals surface area contributed by atoms with E-state index in [-0.39, 0.29) is 5.54 Å². The highest BCUT2D eigenvalue weighted by Gasteiger charge is 2.17. The van der Waals surface area contributed by atoms with Crippen LogP contribution < -0.4 is 5.73 Å². The molecule has 0 aliphatic carbocycles. The van der Waals surface area contributed by atoms with Crippen LogP contribution in [0.25, 0.3) is 11.3 Å². The Kier molecular flexibility index (Phi) is 2.84. The van der Waals surface area contributed by atoms with Crippen molar-refractivity contribution in [3.05, 3.63) is 36.0 Å². The van der Waals surface area contributed by atoms with Crippen molar-refractivity contribution < 1.29 is 0 Å². The molecule has 0 amide bonds. The van der Waals surface area contributed by atoms with E-state index in [0.29, 0.717) is 11.3 Å². The molecular formula is C14H16N4. The van der Waals surface area contributed by atoms with Crippen molar-refractivity contribution in [3.8, 4) is 17.3 Å². The molecule has 2 rings (SSSR count). The zero-order valence-corrected chi connectivity index (χ0v) is 10.8. The number of hydrogen-bond acceptors (Lipinski definition) is 3. The fourth-order valence-corrected chi connectivity index (χ4v) is 1.66. The van der Waals surface area contributed by atoms with Crippen molar-refractivity contribution in [1.29, 1.82) is 5.26 Å². The van der Waals surface area contributed by atoms with Gasteiger partial charge in [0.15, 0.2) is 0 Å². The van der Waals surface area contributed by atoms with Gasteiger partial charge in [-0.3, -0.25) is 4.68 Å². The molecule has 0 spiro atoms. The second kappa shape index (κ2) is 4.19. The molecule has 1 aromatic heterocycles. The maximum absolute atomic E-state index is 8.77. The molecule has 2 aromatic rings. The monoisotopic (exact) mass is 240 g/mol. The molecule has 0 aliphatic heterocycles. The molecule has 0 bridgehead atoms. The Balaban J connectivity index is 2.45. The van der Waals surface area contributed by atoms with Gasteiger partial charge < -0.3 is 5.73 Å².